The molecular formula is C7H17N3O2S. The Hall–Kier alpha value is -0.170. The third kappa shape index (κ3) is 4.56. The molecule has 0 amide bonds. The predicted octanol–water partition coefficient (Wildman–Crippen LogP) is -0.703. The van der Waals surface area contributed by atoms with Gasteiger partial charge in [-0.2, -0.15) is 8.42 Å². The van der Waals surface area contributed by atoms with Crippen molar-refractivity contribution in [2.75, 3.05) is 6.54 Å². The van der Waals surface area contributed by atoms with Crippen LogP contribution in [-0.2, 0) is 10.2 Å². The van der Waals surface area contributed by atoms with Crippen molar-refractivity contribution < 1.29 is 8.42 Å². The second-order valence-corrected chi connectivity index (χ2v) is 5.05. The summed E-state index contributed by atoms with van der Waals surface area (Å²) in [6.07, 6.45) is 3.95. The number of nitrogens with one attached hydrogen (secondary N) is 1. The molecule has 0 spiro atoms. The monoisotopic (exact) mass is 207 g/mol. The van der Waals surface area contributed by atoms with Crippen LogP contribution in [0.3, 0.4) is 0 Å². The summed E-state index contributed by atoms with van der Waals surface area (Å²) in [6, 6.07) is 0.297. The zero-order valence-corrected chi connectivity index (χ0v) is 8.39. The smallest absolute Gasteiger partial charge is 0.274 e. The van der Waals surface area contributed by atoms with Crippen molar-refractivity contribution in [1.29, 1.82) is 0 Å². The lowest BCUT2D eigenvalue weighted by atomic mass is 9.87. The fourth-order valence-electron chi connectivity index (χ4n) is 1.63. The highest BCUT2D eigenvalue weighted by atomic mass is 32.2. The van der Waals surface area contributed by atoms with Crippen LogP contribution in [0.4, 0.5) is 0 Å². The zero-order valence-electron chi connectivity index (χ0n) is 7.57. The molecule has 0 heterocycles. The topological polar surface area (TPSA) is 98.2 Å². The maximum Gasteiger partial charge on any atom is 0.274 e. The van der Waals surface area contributed by atoms with Gasteiger partial charge in [-0.15, -0.1) is 0 Å². The number of hydrogen-bond acceptors (Lipinski definition) is 3. The average molecular weight is 207 g/mol. The first-order valence-electron chi connectivity index (χ1n) is 4.50. The van der Waals surface area contributed by atoms with E-state index in [0.717, 1.165) is 25.7 Å². The first-order valence-corrected chi connectivity index (χ1v) is 6.05. The second-order valence-electron chi connectivity index (χ2n) is 3.67. The molecule has 0 bridgehead atoms. The van der Waals surface area contributed by atoms with Crippen LogP contribution < -0.4 is 15.6 Å². The summed E-state index contributed by atoms with van der Waals surface area (Å²) < 4.78 is 23.5. The molecule has 0 aromatic heterocycles. The quantitative estimate of drug-likeness (QED) is 0.570. The van der Waals surface area contributed by atoms with Gasteiger partial charge in [-0.05, 0) is 31.6 Å². The molecule has 13 heavy (non-hydrogen) atoms. The Morgan fingerprint density at radius 2 is 1.77 bits per heavy atom. The van der Waals surface area contributed by atoms with Crippen LogP contribution in [0.15, 0.2) is 0 Å². The van der Waals surface area contributed by atoms with Crippen LogP contribution in [0.1, 0.15) is 25.7 Å². The summed E-state index contributed by atoms with van der Waals surface area (Å²) >= 11 is 0. The van der Waals surface area contributed by atoms with E-state index < -0.39 is 10.2 Å². The van der Waals surface area contributed by atoms with Crippen LogP contribution in [0.25, 0.3) is 0 Å². The van der Waals surface area contributed by atoms with Crippen molar-refractivity contribution in [2.24, 2.45) is 16.8 Å². The molecule has 0 unspecified atom stereocenters. The van der Waals surface area contributed by atoms with Crippen molar-refractivity contribution in [3.8, 4) is 0 Å². The van der Waals surface area contributed by atoms with E-state index in [1.165, 1.54) is 0 Å². The average Bonchev–Trinajstić information content (AvgIpc) is 2.02. The number of rotatable bonds is 3. The Kier molecular flexibility index (Phi) is 3.66. The highest BCUT2D eigenvalue weighted by molar-refractivity contribution is 7.87. The molecule has 1 rings (SSSR count). The number of hydrogen-bond donors (Lipinski definition) is 3. The lowest BCUT2D eigenvalue weighted by Gasteiger charge is -2.25. The minimum Gasteiger partial charge on any atom is -0.328 e. The fraction of sp³-hybridized carbons (Fsp3) is 1.00. The van der Waals surface area contributed by atoms with Crippen molar-refractivity contribution in [3.63, 3.8) is 0 Å². The van der Waals surface area contributed by atoms with Gasteiger partial charge in [0.05, 0.1) is 0 Å². The van der Waals surface area contributed by atoms with Gasteiger partial charge in [0.2, 0.25) is 0 Å². The SMILES string of the molecule is NS(=O)(=O)NC[C@H]1CC[C@@H](N)CC1. The van der Waals surface area contributed by atoms with Crippen LogP contribution in [0.2, 0.25) is 0 Å². The molecule has 0 radical (unpaired) electrons. The molecule has 0 saturated heterocycles. The van der Waals surface area contributed by atoms with E-state index in [-0.39, 0.29) is 0 Å². The highest BCUT2D eigenvalue weighted by Gasteiger charge is 2.19. The molecule has 1 aliphatic carbocycles. The molecule has 1 aliphatic rings. The van der Waals surface area contributed by atoms with Crippen molar-refractivity contribution in [3.05, 3.63) is 0 Å². The molecule has 6 heteroatoms. The molecule has 5 N–H and O–H groups in total. The van der Waals surface area contributed by atoms with E-state index in [1.54, 1.807) is 0 Å². The van der Waals surface area contributed by atoms with E-state index in [2.05, 4.69) is 4.72 Å². The van der Waals surface area contributed by atoms with Gasteiger partial charge in [0.1, 0.15) is 0 Å². The van der Waals surface area contributed by atoms with Crippen LogP contribution in [0, 0.1) is 5.92 Å². The molecule has 0 atom stereocenters. The van der Waals surface area contributed by atoms with E-state index >= 15 is 0 Å². The minimum absolute atomic E-state index is 0.297. The Morgan fingerprint density at radius 3 is 2.23 bits per heavy atom. The van der Waals surface area contributed by atoms with Gasteiger partial charge in [0.15, 0.2) is 0 Å². The van der Waals surface area contributed by atoms with Gasteiger partial charge in [-0.1, -0.05) is 0 Å². The van der Waals surface area contributed by atoms with Gasteiger partial charge < -0.3 is 5.73 Å². The summed E-state index contributed by atoms with van der Waals surface area (Å²) in [5, 5.41) is 4.82. The lowest BCUT2D eigenvalue weighted by Crippen LogP contribution is -2.37. The lowest BCUT2D eigenvalue weighted by molar-refractivity contribution is 0.326. The summed E-state index contributed by atoms with van der Waals surface area (Å²) in [5.74, 6) is 0.401. The van der Waals surface area contributed by atoms with Crippen LogP contribution >= 0.6 is 0 Å². The molecule has 1 fully saturated rings. The summed E-state index contributed by atoms with van der Waals surface area (Å²) in [4.78, 5) is 0. The Labute approximate surface area is 79.0 Å². The van der Waals surface area contributed by atoms with E-state index in [1.807, 2.05) is 0 Å². The second kappa shape index (κ2) is 4.36. The summed E-state index contributed by atoms with van der Waals surface area (Å²) in [5.41, 5.74) is 5.72. The van der Waals surface area contributed by atoms with Gasteiger partial charge in [-0.25, -0.2) is 9.86 Å². The summed E-state index contributed by atoms with van der Waals surface area (Å²) in [7, 11) is -3.52. The summed E-state index contributed by atoms with van der Waals surface area (Å²) in [6.45, 7) is 0.450. The third-order valence-corrected chi connectivity index (χ3v) is 3.03. The molecule has 5 nitrogen and oxygen atoms in total. The van der Waals surface area contributed by atoms with E-state index in [0.29, 0.717) is 18.5 Å². The first-order chi connectivity index (χ1) is 5.97. The predicted molar refractivity (Wildman–Crippen MR) is 51.0 cm³/mol. The fourth-order valence-corrected chi connectivity index (χ4v) is 2.09. The van der Waals surface area contributed by atoms with Gasteiger partial charge in [0.25, 0.3) is 10.2 Å². The molecule has 78 valence electrons. The van der Waals surface area contributed by atoms with Crippen molar-refractivity contribution in [2.45, 2.75) is 31.7 Å². The van der Waals surface area contributed by atoms with Crippen molar-refractivity contribution >= 4 is 10.2 Å². The molecule has 0 aromatic carbocycles. The molecule has 1 saturated carbocycles. The normalized spacial score (nSPS) is 30.3. The van der Waals surface area contributed by atoms with Crippen LogP contribution in [0.5, 0.6) is 0 Å². The van der Waals surface area contributed by atoms with Crippen LogP contribution in [-0.4, -0.2) is 21.0 Å². The number of nitrogens with two attached hydrogens (primary N) is 2. The van der Waals surface area contributed by atoms with Gasteiger partial charge >= 0.3 is 0 Å². The Morgan fingerprint density at radius 1 is 1.23 bits per heavy atom. The molecular weight excluding hydrogens is 190 g/mol. The minimum atomic E-state index is -3.52. The largest absolute Gasteiger partial charge is 0.328 e. The highest BCUT2D eigenvalue weighted by Crippen LogP contribution is 2.22. The zero-order chi connectivity index (χ0) is 9.90. The Balaban J connectivity index is 2.24. The van der Waals surface area contributed by atoms with Gasteiger partial charge in [0, 0.05) is 12.6 Å². The van der Waals surface area contributed by atoms with Crippen molar-refractivity contribution in [1.82, 2.24) is 4.72 Å². The standard InChI is InChI=1S/C7H17N3O2S/c8-7-3-1-6(2-4-7)5-10-13(9,11)12/h6-7,10H,1-5,8H2,(H2,9,11,12)/t6-,7+. The Bertz CT molecular complexity index is 244. The van der Waals surface area contributed by atoms with E-state index in [9.17, 15) is 8.42 Å². The maximum absolute atomic E-state index is 10.6. The maximum atomic E-state index is 10.6. The first kappa shape index (κ1) is 10.9. The van der Waals surface area contributed by atoms with Gasteiger partial charge in [-0.3, -0.25) is 0 Å². The van der Waals surface area contributed by atoms with E-state index in [4.69, 9.17) is 10.9 Å². The third-order valence-electron chi connectivity index (χ3n) is 2.46. The molecule has 0 aliphatic heterocycles. The molecule has 0 aromatic rings.